The zero-order valence-electron chi connectivity index (χ0n) is 11.7. The van der Waals surface area contributed by atoms with Crippen molar-refractivity contribution >= 4 is 17.2 Å². The highest BCUT2D eigenvalue weighted by Crippen LogP contribution is 2.15. The van der Waals surface area contributed by atoms with Crippen LogP contribution in [-0.4, -0.2) is 22.6 Å². The van der Waals surface area contributed by atoms with Gasteiger partial charge in [0, 0.05) is 5.38 Å². The monoisotopic (exact) mass is 308 g/mol. The van der Waals surface area contributed by atoms with E-state index < -0.39 is 6.04 Å². The number of amides is 1. The molecular weight excluding hydrogens is 291 g/mol. The first-order valence-electron chi connectivity index (χ1n) is 6.71. The molecule has 1 atom stereocenters. The molecule has 0 saturated carbocycles. The van der Waals surface area contributed by atoms with Crippen molar-refractivity contribution in [1.29, 1.82) is 0 Å². The van der Waals surface area contributed by atoms with Gasteiger partial charge in [0.25, 0.3) is 0 Å². The highest BCUT2D eigenvalue weighted by molar-refractivity contribution is 7.09. The summed E-state index contributed by atoms with van der Waals surface area (Å²) in [6.07, 6.45) is 1.02. The molecule has 6 heteroatoms. The number of thiazole rings is 1. The predicted molar refractivity (Wildman–Crippen MR) is 79.6 cm³/mol. The van der Waals surface area contributed by atoms with Crippen LogP contribution in [0.5, 0.6) is 0 Å². The molecule has 112 valence electrons. The molecule has 0 fully saturated rings. The lowest BCUT2D eigenvalue weighted by atomic mass is 10.1. The number of carbonyl (C=O) groups is 1. The third kappa shape index (κ3) is 4.34. The summed E-state index contributed by atoms with van der Waals surface area (Å²) in [5.74, 6) is -0.563. The molecule has 0 aliphatic rings. The fourth-order valence-electron chi connectivity index (χ4n) is 1.90. The number of nitrogens with one attached hydrogen (secondary N) is 1. The molecule has 4 nitrogen and oxygen atoms in total. The van der Waals surface area contributed by atoms with Crippen LogP contribution < -0.4 is 5.32 Å². The summed E-state index contributed by atoms with van der Waals surface area (Å²) in [6.45, 7) is 1.77. The number of aromatic nitrogens is 1. The van der Waals surface area contributed by atoms with Crippen molar-refractivity contribution in [3.8, 4) is 0 Å². The normalized spacial score (nSPS) is 12.1. The molecule has 1 unspecified atom stereocenters. The summed E-state index contributed by atoms with van der Waals surface area (Å²) in [7, 11) is 0. The number of halogens is 1. The average Bonchev–Trinajstić information content (AvgIpc) is 2.93. The second-order valence-electron chi connectivity index (χ2n) is 4.62. The molecule has 1 heterocycles. The number of aryl methyl sites for hydroxylation is 1. The molecule has 0 aliphatic heterocycles. The van der Waals surface area contributed by atoms with Gasteiger partial charge >= 0.3 is 0 Å². The maximum absolute atomic E-state index is 12.9. The predicted octanol–water partition coefficient (Wildman–Crippen LogP) is 2.24. The number of hydrogen-bond acceptors (Lipinski definition) is 4. The largest absolute Gasteiger partial charge is 0.394 e. The quantitative estimate of drug-likeness (QED) is 0.860. The Morgan fingerprint density at radius 1 is 1.43 bits per heavy atom. The Hall–Kier alpha value is -1.79. The van der Waals surface area contributed by atoms with Crippen molar-refractivity contribution in [3.63, 3.8) is 0 Å². The van der Waals surface area contributed by atoms with Crippen LogP contribution in [0, 0.1) is 5.82 Å². The average molecular weight is 308 g/mol. The Morgan fingerprint density at radius 2 is 2.14 bits per heavy atom. The minimum absolute atomic E-state index is 0.183. The van der Waals surface area contributed by atoms with Crippen LogP contribution in [-0.2, 0) is 17.6 Å². The molecule has 0 spiro atoms. The molecule has 0 aliphatic carbocycles. The summed E-state index contributed by atoms with van der Waals surface area (Å²) in [4.78, 5) is 16.3. The number of carbonyl (C=O) groups excluding carboxylic acids is 1. The fraction of sp³-hybridized carbons (Fsp3) is 0.333. The van der Waals surface area contributed by atoms with Crippen molar-refractivity contribution in [1.82, 2.24) is 10.3 Å². The minimum Gasteiger partial charge on any atom is -0.394 e. The van der Waals surface area contributed by atoms with Gasteiger partial charge < -0.3 is 10.4 Å². The molecule has 0 radical (unpaired) electrons. The minimum atomic E-state index is -0.538. The van der Waals surface area contributed by atoms with Gasteiger partial charge in [-0.1, -0.05) is 19.1 Å². The lowest BCUT2D eigenvalue weighted by Gasteiger charge is -2.16. The lowest BCUT2D eigenvalue weighted by molar-refractivity contribution is -0.121. The number of aliphatic hydroxyl groups is 1. The van der Waals surface area contributed by atoms with E-state index in [9.17, 15) is 14.3 Å². The van der Waals surface area contributed by atoms with Gasteiger partial charge in [0.15, 0.2) is 0 Å². The number of hydrogen-bond donors (Lipinski definition) is 2. The molecule has 2 aromatic rings. The summed E-state index contributed by atoms with van der Waals surface area (Å²) in [5, 5.41) is 14.8. The van der Waals surface area contributed by atoms with Gasteiger partial charge in [-0.2, -0.15) is 0 Å². The first-order chi connectivity index (χ1) is 10.1. The molecule has 2 rings (SSSR count). The van der Waals surface area contributed by atoms with E-state index in [2.05, 4.69) is 10.3 Å². The van der Waals surface area contributed by atoms with E-state index in [0.29, 0.717) is 5.56 Å². The molecule has 2 N–H and O–H groups in total. The molecule has 1 amide bonds. The summed E-state index contributed by atoms with van der Waals surface area (Å²) in [6, 6.07) is 5.17. The second-order valence-corrected chi connectivity index (χ2v) is 5.56. The molecule has 1 aromatic heterocycles. The first-order valence-corrected chi connectivity index (χ1v) is 7.59. The van der Waals surface area contributed by atoms with Gasteiger partial charge in [-0.3, -0.25) is 4.79 Å². The van der Waals surface area contributed by atoms with Crippen LogP contribution in [0.2, 0.25) is 0 Å². The third-order valence-corrected chi connectivity index (χ3v) is 3.96. The van der Waals surface area contributed by atoms with Crippen LogP contribution in [0.15, 0.2) is 29.6 Å². The van der Waals surface area contributed by atoms with E-state index >= 15 is 0 Å². The van der Waals surface area contributed by atoms with Gasteiger partial charge in [-0.15, -0.1) is 11.3 Å². The number of nitrogens with zero attached hydrogens (tertiary/aromatic N) is 1. The highest BCUT2D eigenvalue weighted by Gasteiger charge is 2.15. The fourth-order valence-corrected chi connectivity index (χ4v) is 2.78. The van der Waals surface area contributed by atoms with E-state index in [0.717, 1.165) is 17.1 Å². The van der Waals surface area contributed by atoms with Crippen molar-refractivity contribution in [2.75, 3.05) is 6.61 Å². The zero-order valence-corrected chi connectivity index (χ0v) is 12.5. The molecule has 21 heavy (non-hydrogen) atoms. The topological polar surface area (TPSA) is 62.2 Å². The SMILES string of the molecule is CCc1csc(CC(=O)NC(CO)c2ccc(F)cc2)n1. The zero-order chi connectivity index (χ0) is 15.2. The smallest absolute Gasteiger partial charge is 0.227 e. The number of rotatable bonds is 6. The van der Waals surface area contributed by atoms with Crippen LogP contribution in [0.3, 0.4) is 0 Å². The van der Waals surface area contributed by atoms with E-state index in [1.807, 2.05) is 12.3 Å². The second kappa shape index (κ2) is 7.28. The van der Waals surface area contributed by atoms with Crippen LogP contribution in [0.4, 0.5) is 4.39 Å². The van der Waals surface area contributed by atoms with E-state index in [1.165, 1.54) is 23.5 Å². The Labute approximate surface area is 126 Å². The molecule has 0 bridgehead atoms. The molecular formula is C15H17FN2O2S. The molecule has 0 saturated heterocycles. The molecule has 1 aromatic carbocycles. The van der Waals surface area contributed by atoms with Crippen molar-refractivity contribution in [3.05, 3.63) is 51.7 Å². The lowest BCUT2D eigenvalue weighted by Crippen LogP contribution is -2.31. The van der Waals surface area contributed by atoms with Crippen molar-refractivity contribution < 1.29 is 14.3 Å². The standard InChI is InChI=1S/C15H17FN2O2S/c1-2-12-9-21-15(17-12)7-14(20)18-13(8-19)10-3-5-11(16)6-4-10/h3-6,9,13,19H,2,7-8H2,1H3,(H,18,20). The van der Waals surface area contributed by atoms with Crippen molar-refractivity contribution in [2.24, 2.45) is 0 Å². The Morgan fingerprint density at radius 3 is 2.71 bits per heavy atom. The van der Waals surface area contributed by atoms with E-state index in [4.69, 9.17) is 0 Å². The first kappa shape index (κ1) is 15.6. The maximum atomic E-state index is 12.9. The van der Waals surface area contributed by atoms with Gasteiger partial charge in [-0.05, 0) is 24.1 Å². The van der Waals surface area contributed by atoms with Crippen LogP contribution in [0.25, 0.3) is 0 Å². The van der Waals surface area contributed by atoms with Gasteiger partial charge in [0.2, 0.25) is 5.91 Å². The third-order valence-electron chi connectivity index (χ3n) is 3.06. The Balaban J connectivity index is 1.97. The van der Waals surface area contributed by atoms with Gasteiger partial charge in [0.1, 0.15) is 10.8 Å². The van der Waals surface area contributed by atoms with Crippen LogP contribution in [0.1, 0.15) is 29.2 Å². The summed E-state index contributed by atoms with van der Waals surface area (Å²) < 4.78 is 12.9. The summed E-state index contributed by atoms with van der Waals surface area (Å²) in [5.41, 5.74) is 1.64. The number of aliphatic hydroxyl groups excluding tert-OH is 1. The van der Waals surface area contributed by atoms with E-state index in [-0.39, 0.29) is 24.8 Å². The maximum Gasteiger partial charge on any atom is 0.227 e. The van der Waals surface area contributed by atoms with Crippen molar-refractivity contribution in [2.45, 2.75) is 25.8 Å². The number of benzene rings is 1. The van der Waals surface area contributed by atoms with Gasteiger partial charge in [-0.25, -0.2) is 9.37 Å². The van der Waals surface area contributed by atoms with Crippen LogP contribution >= 0.6 is 11.3 Å². The summed E-state index contributed by atoms with van der Waals surface area (Å²) >= 11 is 1.45. The highest BCUT2D eigenvalue weighted by atomic mass is 32.1. The van der Waals surface area contributed by atoms with Gasteiger partial charge in [0.05, 0.1) is 24.8 Å². The Bertz CT molecular complexity index is 598. The van der Waals surface area contributed by atoms with E-state index in [1.54, 1.807) is 12.1 Å². The Kier molecular flexibility index (Phi) is 5.41.